The molecule has 8 heteroatoms. The Morgan fingerprint density at radius 2 is 1.85 bits per heavy atom. The lowest BCUT2D eigenvalue weighted by Gasteiger charge is -2.16. The Hall–Kier alpha value is -2.93. The molecule has 2 heterocycles. The molecule has 0 bridgehead atoms. The third-order valence-electron chi connectivity index (χ3n) is 4.60. The van der Waals surface area contributed by atoms with Crippen molar-refractivity contribution in [3.63, 3.8) is 0 Å². The second-order valence-electron chi connectivity index (χ2n) is 9.58. The smallest absolute Gasteiger partial charge is 0.405 e. The van der Waals surface area contributed by atoms with E-state index in [1.807, 2.05) is 18.2 Å². The molecule has 2 N–H and O–H groups in total. The first-order valence-corrected chi connectivity index (χ1v) is 11.6. The molecular formula is C26H33ClFN3O3. The van der Waals surface area contributed by atoms with Crippen LogP contribution >= 0.6 is 11.6 Å². The van der Waals surface area contributed by atoms with E-state index in [-0.39, 0.29) is 5.82 Å². The molecule has 0 radical (unpaired) electrons. The maximum absolute atomic E-state index is 13.4. The summed E-state index contributed by atoms with van der Waals surface area (Å²) in [5.74, 6) is 1.35. The van der Waals surface area contributed by atoms with Crippen molar-refractivity contribution < 1.29 is 18.7 Å². The number of hydrogen-bond acceptors (Lipinski definition) is 5. The van der Waals surface area contributed by atoms with Gasteiger partial charge in [0.1, 0.15) is 11.4 Å². The van der Waals surface area contributed by atoms with E-state index >= 15 is 0 Å². The zero-order valence-corrected chi connectivity index (χ0v) is 21.3. The second kappa shape index (κ2) is 12.0. The number of aromatic nitrogens is 2. The predicted molar refractivity (Wildman–Crippen MR) is 134 cm³/mol. The van der Waals surface area contributed by atoms with E-state index in [0.717, 1.165) is 17.4 Å². The van der Waals surface area contributed by atoms with Gasteiger partial charge < -0.3 is 15.2 Å². The van der Waals surface area contributed by atoms with Gasteiger partial charge in [-0.1, -0.05) is 32.4 Å². The molecule has 1 amide bonds. The molecule has 3 aromatic rings. The third kappa shape index (κ3) is 8.78. The van der Waals surface area contributed by atoms with Crippen molar-refractivity contribution in [3.8, 4) is 17.0 Å². The Balaban J connectivity index is 0.000000440. The van der Waals surface area contributed by atoms with Gasteiger partial charge in [0.25, 0.3) is 0 Å². The van der Waals surface area contributed by atoms with Gasteiger partial charge in [0.15, 0.2) is 10.9 Å². The van der Waals surface area contributed by atoms with Gasteiger partial charge in [0.2, 0.25) is 0 Å². The van der Waals surface area contributed by atoms with Crippen LogP contribution in [-0.2, 0) is 4.74 Å². The highest BCUT2D eigenvalue weighted by atomic mass is 35.5. The molecule has 0 fully saturated rings. The van der Waals surface area contributed by atoms with Crippen LogP contribution in [0.2, 0.25) is 5.15 Å². The summed E-state index contributed by atoms with van der Waals surface area (Å²) < 4.78 is 23.8. The van der Waals surface area contributed by atoms with Crippen LogP contribution in [0, 0.1) is 17.7 Å². The van der Waals surface area contributed by atoms with Gasteiger partial charge in [-0.3, -0.25) is 4.98 Å². The van der Waals surface area contributed by atoms with Crippen molar-refractivity contribution in [2.24, 2.45) is 17.6 Å². The number of pyridine rings is 2. The number of nitrogens with two attached hydrogens (primary N) is 1. The Labute approximate surface area is 205 Å². The van der Waals surface area contributed by atoms with E-state index in [0.29, 0.717) is 40.6 Å². The van der Waals surface area contributed by atoms with Gasteiger partial charge in [0, 0.05) is 23.2 Å². The molecule has 0 spiro atoms. The Morgan fingerprint density at radius 3 is 2.41 bits per heavy atom. The first kappa shape index (κ1) is 27.3. The Morgan fingerprint density at radius 1 is 1.15 bits per heavy atom. The molecule has 1 atom stereocenters. The molecular weight excluding hydrogens is 457 g/mol. The van der Waals surface area contributed by atoms with Crippen LogP contribution in [0.15, 0.2) is 42.6 Å². The Bertz CT molecular complexity index is 1120. The van der Waals surface area contributed by atoms with Gasteiger partial charge in [-0.05, 0) is 69.4 Å². The highest BCUT2D eigenvalue weighted by Gasteiger charge is 2.13. The normalized spacial score (nSPS) is 12.1. The lowest BCUT2D eigenvalue weighted by atomic mass is 10.00. The minimum absolute atomic E-state index is 0.313. The zero-order chi connectivity index (χ0) is 25.5. The molecule has 0 aliphatic carbocycles. The number of rotatable bonds is 6. The highest BCUT2D eigenvalue weighted by Crippen LogP contribution is 2.31. The van der Waals surface area contributed by atoms with Gasteiger partial charge >= 0.3 is 6.09 Å². The first-order valence-electron chi connectivity index (χ1n) is 11.2. The number of carbonyl (C=O) groups excluding carboxylic acids is 1. The number of carbonyl (C=O) groups is 1. The lowest BCUT2D eigenvalue weighted by Crippen LogP contribution is -2.27. The van der Waals surface area contributed by atoms with E-state index in [4.69, 9.17) is 22.1 Å². The minimum Gasteiger partial charge on any atom is -0.490 e. The molecule has 1 unspecified atom stereocenters. The largest absolute Gasteiger partial charge is 0.490 e. The van der Waals surface area contributed by atoms with E-state index in [1.165, 1.54) is 12.1 Å². The summed E-state index contributed by atoms with van der Waals surface area (Å²) in [6.07, 6.45) is 2.02. The second-order valence-corrected chi connectivity index (χ2v) is 9.94. The molecule has 0 aliphatic heterocycles. The van der Waals surface area contributed by atoms with Crippen LogP contribution in [0.5, 0.6) is 5.75 Å². The van der Waals surface area contributed by atoms with E-state index < -0.39 is 11.7 Å². The number of nitrogens with zero attached hydrogens (tertiary/aromatic N) is 2. The average molecular weight is 490 g/mol. The quantitative estimate of drug-likeness (QED) is 0.375. The minimum atomic E-state index is -0.725. The number of halogens is 2. The van der Waals surface area contributed by atoms with Crippen molar-refractivity contribution in [1.29, 1.82) is 0 Å². The molecule has 0 saturated heterocycles. The molecule has 3 rings (SSSR count). The Kier molecular flexibility index (Phi) is 9.62. The first-order chi connectivity index (χ1) is 15.9. The maximum Gasteiger partial charge on any atom is 0.405 e. The molecule has 2 aromatic heterocycles. The molecule has 0 saturated carbocycles. The maximum atomic E-state index is 13.4. The molecule has 1 aromatic carbocycles. The molecule has 0 aliphatic rings. The summed E-state index contributed by atoms with van der Waals surface area (Å²) in [5, 5.41) is 1.16. The van der Waals surface area contributed by atoms with E-state index in [2.05, 4.69) is 35.5 Å². The number of benzene rings is 1. The van der Waals surface area contributed by atoms with Gasteiger partial charge in [0.05, 0.1) is 17.8 Å². The monoisotopic (exact) mass is 489 g/mol. The number of amides is 1. The summed E-state index contributed by atoms with van der Waals surface area (Å²) in [7, 11) is 0. The van der Waals surface area contributed by atoms with Crippen LogP contribution in [0.25, 0.3) is 22.2 Å². The summed E-state index contributed by atoms with van der Waals surface area (Å²) in [4.78, 5) is 18.7. The number of fused-ring (bicyclic) bond motifs is 1. The van der Waals surface area contributed by atoms with Gasteiger partial charge in [-0.2, -0.15) is 0 Å². The van der Waals surface area contributed by atoms with Crippen LogP contribution in [0.4, 0.5) is 9.18 Å². The predicted octanol–water partition coefficient (Wildman–Crippen LogP) is 7.03. The summed E-state index contributed by atoms with van der Waals surface area (Å²) in [6.45, 7) is 12.5. The van der Waals surface area contributed by atoms with Crippen molar-refractivity contribution in [1.82, 2.24) is 9.97 Å². The van der Waals surface area contributed by atoms with Crippen LogP contribution in [0.3, 0.4) is 0 Å². The van der Waals surface area contributed by atoms with E-state index in [9.17, 15) is 9.18 Å². The van der Waals surface area contributed by atoms with Crippen molar-refractivity contribution in [2.45, 2.75) is 53.6 Å². The summed E-state index contributed by atoms with van der Waals surface area (Å²) >= 11 is 6.33. The molecule has 34 heavy (non-hydrogen) atoms. The topological polar surface area (TPSA) is 87.3 Å². The zero-order valence-electron chi connectivity index (χ0n) is 20.6. The standard InChI is InChI=1S/C21H22ClFN2O.C5H11NO2/c1-13(2)10-14(3)12-26-20-7-6-18(25-21(20)22)17-8-9-24-19-11-15(23)4-5-16(17)19;1-5(2,3)8-4(6)7/h4-9,11,13-14H,10,12H2,1-3H3;1-3H3,(H2,6,7). The van der Waals surface area contributed by atoms with Gasteiger partial charge in [-0.25, -0.2) is 14.2 Å². The fourth-order valence-electron chi connectivity index (χ4n) is 3.43. The third-order valence-corrected chi connectivity index (χ3v) is 4.87. The number of hydrogen-bond donors (Lipinski definition) is 1. The fourth-order valence-corrected chi connectivity index (χ4v) is 3.64. The average Bonchev–Trinajstić information content (AvgIpc) is 2.70. The van der Waals surface area contributed by atoms with E-state index in [1.54, 1.807) is 33.0 Å². The lowest BCUT2D eigenvalue weighted by molar-refractivity contribution is 0.0600. The van der Waals surface area contributed by atoms with Crippen molar-refractivity contribution in [3.05, 3.63) is 53.6 Å². The number of ether oxygens (including phenoxy) is 2. The van der Waals surface area contributed by atoms with Crippen LogP contribution in [-0.4, -0.2) is 28.3 Å². The fraction of sp³-hybridized carbons (Fsp3) is 0.423. The van der Waals surface area contributed by atoms with Crippen LogP contribution < -0.4 is 10.5 Å². The number of primary amides is 1. The van der Waals surface area contributed by atoms with Crippen LogP contribution in [0.1, 0.15) is 48.0 Å². The van der Waals surface area contributed by atoms with Crippen molar-refractivity contribution in [2.75, 3.05) is 6.61 Å². The van der Waals surface area contributed by atoms with Gasteiger partial charge in [-0.15, -0.1) is 0 Å². The molecule has 6 nitrogen and oxygen atoms in total. The summed E-state index contributed by atoms with van der Waals surface area (Å²) in [5.41, 5.74) is 6.41. The molecule has 184 valence electrons. The highest BCUT2D eigenvalue weighted by molar-refractivity contribution is 6.31. The SMILES string of the molecule is CC(C)(C)OC(N)=O.CC(C)CC(C)COc1ccc(-c2ccnc3cc(F)ccc23)nc1Cl. The van der Waals surface area contributed by atoms with Crippen molar-refractivity contribution >= 4 is 28.6 Å². The summed E-state index contributed by atoms with van der Waals surface area (Å²) in [6, 6.07) is 10.1.